The van der Waals surface area contributed by atoms with Crippen LogP contribution in [0.2, 0.25) is 5.02 Å². The van der Waals surface area contributed by atoms with Gasteiger partial charge in [0.1, 0.15) is 0 Å². The molecule has 0 amide bonds. The predicted octanol–water partition coefficient (Wildman–Crippen LogP) is 4.20. The Hall–Kier alpha value is -2.33. The molecule has 0 saturated heterocycles. The highest BCUT2D eigenvalue weighted by Gasteiger charge is 2.17. The van der Waals surface area contributed by atoms with Gasteiger partial charge >= 0.3 is 0 Å². The average molecular weight is 304 g/mol. The summed E-state index contributed by atoms with van der Waals surface area (Å²) in [5, 5.41) is 1.12. The number of ether oxygens (including phenoxy) is 1. The third kappa shape index (κ3) is 2.28. The molecule has 0 bridgehead atoms. The number of aromatic nitrogens is 1. The highest BCUT2D eigenvalue weighted by atomic mass is 35.5. The molecule has 0 radical (unpaired) electrons. The number of methoxy groups -OCH3 is 1. The zero-order valence-electron chi connectivity index (χ0n) is 11.1. The number of aromatic amines is 1. The van der Waals surface area contributed by atoms with Gasteiger partial charge in [-0.05, 0) is 30.3 Å². The number of hydrogen-bond donors (Lipinski definition) is 1. The van der Waals surface area contributed by atoms with E-state index in [0.717, 1.165) is 11.6 Å². The smallest absolute Gasteiger partial charge is 0.195 e. The molecule has 0 fully saturated rings. The van der Waals surface area contributed by atoms with E-state index in [2.05, 4.69) is 4.98 Å². The van der Waals surface area contributed by atoms with Gasteiger partial charge in [0, 0.05) is 28.2 Å². The molecule has 0 spiro atoms. The van der Waals surface area contributed by atoms with Gasteiger partial charge in [0.2, 0.25) is 0 Å². The number of rotatable bonds is 3. The Morgan fingerprint density at radius 2 is 2.10 bits per heavy atom. The van der Waals surface area contributed by atoms with E-state index in [-0.39, 0.29) is 17.1 Å². The molecule has 1 heterocycles. The standard InChI is InChI=1S/C16H11ClFNO2/c1-21-14-6-5-9(7-12(14)18)16(20)10-8-19-13-4-2-3-11(17)15(10)13/h2-8,19H,1H3. The van der Waals surface area contributed by atoms with Gasteiger partial charge < -0.3 is 9.72 Å². The van der Waals surface area contributed by atoms with Crippen molar-refractivity contribution in [2.24, 2.45) is 0 Å². The molecule has 0 atom stereocenters. The minimum atomic E-state index is -0.575. The van der Waals surface area contributed by atoms with Crippen molar-refractivity contribution in [3.63, 3.8) is 0 Å². The summed E-state index contributed by atoms with van der Waals surface area (Å²) >= 11 is 6.15. The molecule has 0 aliphatic carbocycles. The van der Waals surface area contributed by atoms with Crippen molar-refractivity contribution >= 4 is 28.3 Å². The highest BCUT2D eigenvalue weighted by molar-refractivity contribution is 6.37. The van der Waals surface area contributed by atoms with E-state index < -0.39 is 5.82 Å². The molecule has 106 valence electrons. The third-order valence-corrected chi connectivity index (χ3v) is 3.63. The van der Waals surface area contributed by atoms with Crippen molar-refractivity contribution in [3.05, 3.63) is 64.6 Å². The maximum Gasteiger partial charge on any atom is 0.195 e. The topological polar surface area (TPSA) is 42.1 Å². The van der Waals surface area contributed by atoms with Crippen molar-refractivity contribution in [2.45, 2.75) is 0 Å². The lowest BCUT2D eigenvalue weighted by Gasteiger charge is -2.04. The monoisotopic (exact) mass is 303 g/mol. The number of hydrogen-bond acceptors (Lipinski definition) is 2. The Morgan fingerprint density at radius 3 is 2.81 bits per heavy atom. The first-order valence-corrected chi connectivity index (χ1v) is 6.63. The lowest BCUT2D eigenvalue weighted by Crippen LogP contribution is -2.02. The number of benzene rings is 2. The summed E-state index contributed by atoms with van der Waals surface area (Å²) in [7, 11) is 1.37. The molecule has 0 aliphatic heterocycles. The van der Waals surface area contributed by atoms with Crippen LogP contribution in [0.5, 0.6) is 5.75 Å². The van der Waals surface area contributed by atoms with Crippen molar-refractivity contribution in [1.82, 2.24) is 4.98 Å². The van der Waals surface area contributed by atoms with Gasteiger partial charge in [-0.1, -0.05) is 17.7 Å². The largest absolute Gasteiger partial charge is 0.494 e. The van der Waals surface area contributed by atoms with Gasteiger partial charge in [0.25, 0.3) is 0 Å². The first kappa shape index (κ1) is 13.6. The quantitative estimate of drug-likeness (QED) is 0.737. The molecule has 1 N–H and O–H groups in total. The van der Waals surface area contributed by atoms with E-state index in [9.17, 15) is 9.18 Å². The summed E-state index contributed by atoms with van der Waals surface area (Å²) in [4.78, 5) is 15.5. The fourth-order valence-electron chi connectivity index (χ4n) is 2.28. The summed E-state index contributed by atoms with van der Waals surface area (Å²) < 4.78 is 18.6. The molecule has 3 aromatic rings. The molecule has 2 aromatic carbocycles. The van der Waals surface area contributed by atoms with E-state index in [4.69, 9.17) is 16.3 Å². The average Bonchev–Trinajstić information content (AvgIpc) is 2.92. The van der Waals surface area contributed by atoms with Crippen LogP contribution in [0.3, 0.4) is 0 Å². The summed E-state index contributed by atoms with van der Waals surface area (Å²) in [6, 6.07) is 9.45. The number of H-pyrrole nitrogens is 1. The Labute approximate surface area is 125 Å². The first-order chi connectivity index (χ1) is 10.1. The summed E-state index contributed by atoms with van der Waals surface area (Å²) in [5.41, 5.74) is 1.43. The fourth-order valence-corrected chi connectivity index (χ4v) is 2.56. The van der Waals surface area contributed by atoms with Crippen molar-refractivity contribution in [1.29, 1.82) is 0 Å². The molecule has 1 aromatic heterocycles. The Kier molecular flexibility index (Phi) is 3.39. The molecule has 5 heteroatoms. The van der Waals surface area contributed by atoms with Crippen LogP contribution in [0.25, 0.3) is 10.9 Å². The summed E-state index contributed by atoms with van der Waals surface area (Å²) in [5.74, 6) is -0.770. The Morgan fingerprint density at radius 1 is 1.29 bits per heavy atom. The van der Waals surface area contributed by atoms with Crippen LogP contribution in [-0.2, 0) is 0 Å². The summed E-state index contributed by atoms with van der Waals surface area (Å²) in [6.07, 6.45) is 1.58. The second-order valence-corrected chi connectivity index (χ2v) is 4.95. The number of nitrogens with one attached hydrogen (secondary N) is 1. The van der Waals surface area contributed by atoms with Crippen molar-refractivity contribution in [2.75, 3.05) is 7.11 Å². The maximum absolute atomic E-state index is 13.7. The van der Waals surface area contributed by atoms with Crippen molar-refractivity contribution < 1.29 is 13.9 Å². The van der Waals surface area contributed by atoms with Gasteiger partial charge in [0.05, 0.1) is 12.1 Å². The summed E-state index contributed by atoms with van der Waals surface area (Å²) in [6.45, 7) is 0. The van der Waals surface area contributed by atoms with Gasteiger partial charge in [0.15, 0.2) is 17.3 Å². The molecular weight excluding hydrogens is 293 g/mol. The fraction of sp³-hybridized carbons (Fsp3) is 0.0625. The normalized spacial score (nSPS) is 10.8. The Balaban J connectivity index is 2.11. The lowest BCUT2D eigenvalue weighted by atomic mass is 10.0. The third-order valence-electron chi connectivity index (χ3n) is 3.31. The predicted molar refractivity (Wildman–Crippen MR) is 79.7 cm³/mol. The van der Waals surface area contributed by atoms with Crippen LogP contribution in [0, 0.1) is 5.82 Å². The van der Waals surface area contributed by atoms with Crippen LogP contribution in [0.4, 0.5) is 4.39 Å². The van der Waals surface area contributed by atoms with E-state index in [1.165, 1.54) is 19.2 Å². The van der Waals surface area contributed by atoms with Crippen molar-refractivity contribution in [3.8, 4) is 5.75 Å². The SMILES string of the molecule is COc1ccc(C(=O)c2c[nH]c3cccc(Cl)c23)cc1F. The van der Waals surface area contributed by atoms with Gasteiger partial charge in [-0.3, -0.25) is 4.79 Å². The maximum atomic E-state index is 13.7. The van der Waals surface area contributed by atoms with Crippen LogP contribution >= 0.6 is 11.6 Å². The molecule has 0 unspecified atom stereocenters. The number of carbonyl (C=O) groups excluding carboxylic acids is 1. The number of fused-ring (bicyclic) bond motifs is 1. The second-order valence-electron chi connectivity index (χ2n) is 4.54. The zero-order chi connectivity index (χ0) is 15.0. The van der Waals surface area contributed by atoms with Crippen LogP contribution in [0.1, 0.15) is 15.9 Å². The van der Waals surface area contributed by atoms with E-state index in [0.29, 0.717) is 16.0 Å². The molecular formula is C16H11ClFNO2. The molecule has 21 heavy (non-hydrogen) atoms. The van der Waals surface area contributed by atoms with Crippen LogP contribution in [-0.4, -0.2) is 17.9 Å². The molecule has 3 rings (SSSR count). The first-order valence-electron chi connectivity index (χ1n) is 6.25. The van der Waals surface area contributed by atoms with Gasteiger partial charge in [-0.15, -0.1) is 0 Å². The zero-order valence-corrected chi connectivity index (χ0v) is 11.9. The van der Waals surface area contributed by atoms with Crippen LogP contribution in [0.15, 0.2) is 42.6 Å². The van der Waals surface area contributed by atoms with Gasteiger partial charge in [-0.2, -0.15) is 0 Å². The second kappa shape index (κ2) is 5.22. The minimum Gasteiger partial charge on any atom is -0.494 e. The Bertz CT molecular complexity index is 841. The van der Waals surface area contributed by atoms with Crippen LogP contribution < -0.4 is 4.74 Å². The number of ketones is 1. The molecule has 0 aliphatic rings. The molecule has 3 nitrogen and oxygen atoms in total. The van der Waals surface area contributed by atoms with E-state index in [1.807, 2.05) is 6.07 Å². The highest BCUT2D eigenvalue weighted by Crippen LogP contribution is 2.29. The lowest BCUT2D eigenvalue weighted by molar-refractivity contribution is 0.104. The number of carbonyl (C=O) groups is 1. The number of halogens is 2. The van der Waals surface area contributed by atoms with Gasteiger partial charge in [-0.25, -0.2) is 4.39 Å². The van der Waals surface area contributed by atoms with E-state index >= 15 is 0 Å². The van der Waals surface area contributed by atoms with E-state index in [1.54, 1.807) is 18.3 Å². The minimum absolute atomic E-state index is 0.100. The molecule has 0 saturated carbocycles.